The van der Waals surface area contributed by atoms with E-state index in [0.29, 0.717) is 0 Å². The molecule has 24 heavy (non-hydrogen) atoms. The lowest BCUT2D eigenvalue weighted by atomic mass is 10.1. The summed E-state index contributed by atoms with van der Waals surface area (Å²) in [5.74, 6) is 1.83. The Kier molecular flexibility index (Phi) is 7.38. The van der Waals surface area contributed by atoms with Crippen molar-refractivity contribution < 1.29 is 4.42 Å². The summed E-state index contributed by atoms with van der Waals surface area (Å²) in [7, 11) is 0. The number of furan rings is 1. The Morgan fingerprint density at radius 1 is 0.875 bits per heavy atom. The van der Waals surface area contributed by atoms with Gasteiger partial charge in [-0.1, -0.05) is 41.9 Å². The highest BCUT2D eigenvalue weighted by Crippen LogP contribution is 2.23. The van der Waals surface area contributed by atoms with Crippen molar-refractivity contribution in [3.05, 3.63) is 83.1 Å². The minimum atomic E-state index is 0. The summed E-state index contributed by atoms with van der Waals surface area (Å²) in [6.45, 7) is 1.73. The molecule has 4 heteroatoms. The molecule has 0 aliphatic carbocycles. The van der Waals surface area contributed by atoms with E-state index in [9.17, 15) is 0 Å². The Morgan fingerprint density at radius 3 is 2.38 bits per heavy atom. The predicted molar refractivity (Wildman–Crippen MR) is 103 cm³/mol. The predicted octanol–water partition coefficient (Wildman–Crippen LogP) is 5.74. The van der Waals surface area contributed by atoms with E-state index < -0.39 is 0 Å². The maximum atomic E-state index is 5.91. The molecule has 3 aromatic rings. The van der Waals surface area contributed by atoms with Crippen LogP contribution in [0.25, 0.3) is 11.3 Å². The number of hydrogen-bond donors (Lipinski definition) is 1. The van der Waals surface area contributed by atoms with E-state index in [4.69, 9.17) is 16.0 Å². The van der Waals surface area contributed by atoms with Gasteiger partial charge in [-0.05, 0) is 61.3 Å². The Balaban J connectivity index is 0.00000208. The molecule has 3 rings (SSSR count). The molecule has 0 bridgehead atoms. The van der Waals surface area contributed by atoms with Crippen molar-refractivity contribution in [2.24, 2.45) is 0 Å². The lowest BCUT2D eigenvalue weighted by Crippen LogP contribution is -2.14. The third-order valence-electron chi connectivity index (χ3n) is 3.75. The Labute approximate surface area is 154 Å². The van der Waals surface area contributed by atoms with Gasteiger partial charge in [0.2, 0.25) is 0 Å². The minimum absolute atomic E-state index is 0. The van der Waals surface area contributed by atoms with Crippen molar-refractivity contribution in [3.63, 3.8) is 0 Å². The molecule has 0 saturated carbocycles. The van der Waals surface area contributed by atoms with Gasteiger partial charge in [0.15, 0.2) is 0 Å². The highest BCUT2D eigenvalue weighted by Gasteiger charge is 2.04. The molecule has 0 unspecified atom stereocenters. The Hall–Kier alpha value is -1.74. The molecule has 1 aromatic heterocycles. The summed E-state index contributed by atoms with van der Waals surface area (Å²) in [6, 6.07) is 22.3. The summed E-state index contributed by atoms with van der Waals surface area (Å²) >= 11 is 5.91. The van der Waals surface area contributed by atoms with Crippen LogP contribution in [0.3, 0.4) is 0 Å². The van der Waals surface area contributed by atoms with Crippen molar-refractivity contribution in [3.8, 4) is 11.3 Å². The van der Waals surface area contributed by atoms with Crippen LogP contribution in [0.2, 0.25) is 5.02 Å². The van der Waals surface area contributed by atoms with Gasteiger partial charge in [-0.2, -0.15) is 0 Å². The summed E-state index contributed by atoms with van der Waals surface area (Å²) in [5.41, 5.74) is 2.43. The number of hydrogen-bond acceptors (Lipinski definition) is 2. The van der Waals surface area contributed by atoms with Gasteiger partial charge < -0.3 is 9.73 Å². The fourth-order valence-corrected chi connectivity index (χ4v) is 2.64. The van der Waals surface area contributed by atoms with E-state index in [1.54, 1.807) is 0 Å². The molecular weight excluding hydrogens is 341 g/mol. The lowest BCUT2D eigenvalue weighted by molar-refractivity contribution is 0.491. The number of aryl methyl sites for hydroxylation is 1. The van der Waals surface area contributed by atoms with Crippen LogP contribution in [-0.4, -0.2) is 6.54 Å². The van der Waals surface area contributed by atoms with E-state index in [1.165, 1.54) is 5.56 Å². The summed E-state index contributed by atoms with van der Waals surface area (Å²) in [4.78, 5) is 0. The van der Waals surface area contributed by atoms with Crippen molar-refractivity contribution in [2.45, 2.75) is 19.4 Å². The average molecular weight is 362 g/mol. The van der Waals surface area contributed by atoms with E-state index in [-0.39, 0.29) is 12.4 Å². The third-order valence-corrected chi connectivity index (χ3v) is 4.00. The Morgan fingerprint density at radius 2 is 1.62 bits per heavy atom. The van der Waals surface area contributed by atoms with Gasteiger partial charge in [-0.15, -0.1) is 12.4 Å². The van der Waals surface area contributed by atoms with Crippen LogP contribution in [0.5, 0.6) is 0 Å². The molecule has 1 N–H and O–H groups in total. The molecular formula is C20H21Cl2NO. The first-order valence-electron chi connectivity index (χ1n) is 7.90. The van der Waals surface area contributed by atoms with Crippen LogP contribution in [0.4, 0.5) is 0 Å². The van der Waals surface area contributed by atoms with Crippen molar-refractivity contribution in [1.82, 2.24) is 5.32 Å². The summed E-state index contributed by atoms with van der Waals surface area (Å²) in [5, 5.41) is 4.17. The minimum Gasteiger partial charge on any atom is -0.460 e. The fourth-order valence-electron chi connectivity index (χ4n) is 2.52. The largest absolute Gasteiger partial charge is 0.460 e. The zero-order valence-corrected chi connectivity index (χ0v) is 14.9. The van der Waals surface area contributed by atoms with Gasteiger partial charge in [-0.25, -0.2) is 0 Å². The van der Waals surface area contributed by atoms with Gasteiger partial charge in [0.25, 0.3) is 0 Å². The van der Waals surface area contributed by atoms with Crippen LogP contribution in [0.1, 0.15) is 17.7 Å². The third kappa shape index (κ3) is 5.41. The molecule has 1 heterocycles. The first-order chi connectivity index (χ1) is 11.3. The number of nitrogens with one attached hydrogen (secondary N) is 1. The molecule has 126 valence electrons. The molecule has 0 atom stereocenters. The van der Waals surface area contributed by atoms with E-state index in [2.05, 4.69) is 35.6 Å². The van der Waals surface area contributed by atoms with E-state index in [1.807, 2.05) is 36.4 Å². The first-order valence-corrected chi connectivity index (χ1v) is 8.28. The fraction of sp³-hybridized carbons (Fsp3) is 0.200. The van der Waals surface area contributed by atoms with Crippen LogP contribution in [0, 0.1) is 0 Å². The second-order valence-corrected chi connectivity index (χ2v) is 5.98. The normalized spacial score (nSPS) is 10.4. The average Bonchev–Trinajstić information content (AvgIpc) is 3.05. The second-order valence-electron chi connectivity index (χ2n) is 5.54. The monoisotopic (exact) mass is 361 g/mol. The van der Waals surface area contributed by atoms with Gasteiger partial charge in [0.1, 0.15) is 11.5 Å². The van der Waals surface area contributed by atoms with Crippen molar-refractivity contribution >= 4 is 24.0 Å². The summed E-state index contributed by atoms with van der Waals surface area (Å²) < 4.78 is 5.87. The molecule has 2 aromatic carbocycles. The zero-order valence-electron chi connectivity index (χ0n) is 13.4. The SMILES string of the molecule is Cl.Clc1ccc(-c2ccc(CNCCCc3ccccc3)o2)cc1. The maximum absolute atomic E-state index is 5.91. The molecule has 2 nitrogen and oxygen atoms in total. The molecule has 0 aliphatic rings. The van der Waals surface area contributed by atoms with E-state index >= 15 is 0 Å². The number of halogens is 2. The molecule has 0 amide bonds. The summed E-state index contributed by atoms with van der Waals surface area (Å²) in [6.07, 6.45) is 2.22. The van der Waals surface area contributed by atoms with Gasteiger partial charge in [-0.3, -0.25) is 0 Å². The van der Waals surface area contributed by atoms with Gasteiger partial charge >= 0.3 is 0 Å². The van der Waals surface area contributed by atoms with Crippen LogP contribution in [0.15, 0.2) is 71.1 Å². The van der Waals surface area contributed by atoms with Crippen molar-refractivity contribution in [1.29, 1.82) is 0 Å². The molecule has 0 fully saturated rings. The number of rotatable bonds is 7. The van der Waals surface area contributed by atoms with Gasteiger partial charge in [0.05, 0.1) is 6.54 Å². The molecule has 0 spiro atoms. The standard InChI is InChI=1S/C20H20ClNO.ClH/c21-18-10-8-17(9-11-18)20-13-12-19(23-20)15-22-14-4-7-16-5-2-1-3-6-16;/h1-3,5-6,8-13,22H,4,7,14-15H2;1H. The molecule has 0 aliphatic heterocycles. The lowest BCUT2D eigenvalue weighted by Gasteiger charge is -2.03. The second kappa shape index (κ2) is 9.53. The number of benzene rings is 2. The molecule has 0 radical (unpaired) electrons. The van der Waals surface area contributed by atoms with E-state index in [0.717, 1.165) is 48.0 Å². The maximum Gasteiger partial charge on any atom is 0.134 e. The van der Waals surface area contributed by atoms with Crippen LogP contribution < -0.4 is 5.32 Å². The highest BCUT2D eigenvalue weighted by molar-refractivity contribution is 6.30. The van der Waals surface area contributed by atoms with Crippen LogP contribution >= 0.6 is 24.0 Å². The zero-order chi connectivity index (χ0) is 15.9. The Bertz CT molecular complexity index is 723. The smallest absolute Gasteiger partial charge is 0.134 e. The molecule has 0 saturated heterocycles. The first kappa shape index (κ1) is 18.6. The topological polar surface area (TPSA) is 25.2 Å². The quantitative estimate of drug-likeness (QED) is 0.542. The van der Waals surface area contributed by atoms with Crippen LogP contribution in [-0.2, 0) is 13.0 Å². The van der Waals surface area contributed by atoms with Crippen molar-refractivity contribution in [2.75, 3.05) is 6.54 Å². The highest BCUT2D eigenvalue weighted by atomic mass is 35.5. The van der Waals surface area contributed by atoms with Gasteiger partial charge in [0, 0.05) is 10.6 Å².